The van der Waals surface area contributed by atoms with Crippen LogP contribution in [-0.4, -0.2) is 31.5 Å². The highest BCUT2D eigenvalue weighted by Gasteiger charge is 2.22. The maximum Gasteiger partial charge on any atom is 0.244 e. The van der Waals surface area contributed by atoms with E-state index in [9.17, 15) is 9.59 Å². The Kier molecular flexibility index (Phi) is 4.98. The molecule has 1 saturated carbocycles. The Morgan fingerprint density at radius 1 is 1.38 bits per heavy atom. The molecule has 1 fully saturated rings. The van der Waals surface area contributed by atoms with Crippen molar-refractivity contribution in [3.63, 3.8) is 0 Å². The minimum atomic E-state index is -0.277. The molecule has 112 valence electrons. The number of carbonyl (C=O) groups is 2. The van der Waals surface area contributed by atoms with Crippen molar-refractivity contribution in [2.75, 3.05) is 13.7 Å². The average molecular weight is 288 g/mol. The lowest BCUT2D eigenvalue weighted by atomic mass is 10.1. The molecule has 21 heavy (non-hydrogen) atoms. The zero-order valence-electron chi connectivity index (χ0n) is 12.3. The zero-order chi connectivity index (χ0) is 15.2. The zero-order valence-corrected chi connectivity index (χ0v) is 12.3. The first-order valence-electron chi connectivity index (χ1n) is 6.98. The van der Waals surface area contributed by atoms with Crippen LogP contribution < -0.4 is 15.4 Å². The summed E-state index contributed by atoms with van der Waals surface area (Å²) in [6.45, 7) is 1.86. The number of benzene rings is 1. The maximum atomic E-state index is 11.8. The van der Waals surface area contributed by atoms with Gasteiger partial charge >= 0.3 is 0 Å². The Hall–Kier alpha value is -2.30. The highest BCUT2D eigenvalue weighted by molar-refractivity contribution is 5.96. The smallest absolute Gasteiger partial charge is 0.244 e. The van der Waals surface area contributed by atoms with Gasteiger partial charge in [0.2, 0.25) is 11.8 Å². The van der Waals surface area contributed by atoms with Gasteiger partial charge in [0, 0.05) is 12.1 Å². The van der Waals surface area contributed by atoms with Crippen LogP contribution in [-0.2, 0) is 9.59 Å². The van der Waals surface area contributed by atoms with E-state index in [1.165, 1.54) is 6.08 Å². The molecule has 0 aromatic heterocycles. The monoisotopic (exact) mass is 288 g/mol. The maximum absolute atomic E-state index is 11.8. The summed E-state index contributed by atoms with van der Waals surface area (Å²) in [6.07, 6.45) is 3.56. The standard InChI is InChI=1S/C16H20N2O3/c1-11(12-4-3-5-14(9-12)21-2)8-15(19)17-10-16(20)18-13-6-7-13/h3-5,8-9,13H,6-7,10H2,1-2H3,(H,17,19)(H,18,20). The second-order valence-corrected chi connectivity index (χ2v) is 5.12. The lowest BCUT2D eigenvalue weighted by Crippen LogP contribution is -2.37. The molecule has 0 heterocycles. The SMILES string of the molecule is COc1cccc(C(C)=CC(=O)NCC(=O)NC2CC2)c1. The van der Waals surface area contributed by atoms with Crippen molar-refractivity contribution in [1.29, 1.82) is 0 Å². The predicted octanol–water partition coefficient (Wildman–Crippen LogP) is 1.49. The van der Waals surface area contributed by atoms with Crippen LogP contribution in [0.4, 0.5) is 0 Å². The molecule has 1 aliphatic rings. The Labute approximate surface area is 124 Å². The van der Waals surface area contributed by atoms with E-state index in [1.807, 2.05) is 31.2 Å². The summed E-state index contributed by atoms with van der Waals surface area (Å²) in [4.78, 5) is 23.3. The van der Waals surface area contributed by atoms with E-state index < -0.39 is 0 Å². The molecule has 2 rings (SSSR count). The molecule has 1 aromatic carbocycles. The van der Waals surface area contributed by atoms with Gasteiger partial charge in [-0.3, -0.25) is 9.59 Å². The van der Waals surface area contributed by atoms with Gasteiger partial charge in [-0.25, -0.2) is 0 Å². The lowest BCUT2D eigenvalue weighted by Gasteiger charge is -2.06. The molecule has 0 unspecified atom stereocenters. The molecule has 2 N–H and O–H groups in total. The van der Waals surface area contributed by atoms with Crippen molar-refractivity contribution >= 4 is 17.4 Å². The first-order chi connectivity index (χ1) is 10.1. The predicted molar refractivity (Wildman–Crippen MR) is 80.8 cm³/mol. The summed E-state index contributed by atoms with van der Waals surface area (Å²) in [5, 5.41) is 5.40. The van der Waals surface area contributed by atoms with E-state index in [1.54, 1.807) is 7.11 Å². The fourth-order valence-electron chi connectivity index (χ4n) is 1.87. The number of hydrogen-bond donors (Lipinski definition) is 2. The number of carbonyl (C=O) groups excluding carboxylic acids is 2. The van der Waals surface area contributed by atoms with E-state index in [-0.39, 0.29) is 18.4 Å². The molecular formula is C16H20N2O3. The third-order valence-electron chi connectivity index (χ3n) is 3.24. The summed E-state index contributed by atoms with van der Waals surface area (Å²) in [5.41, 5.74) is 1.72. The van der Waals surface area contributed by atoms with Crippen LogP contribution in [0.3, 0.4) is 0 Å². The molecule has 0 bridgehead atoms. The largest absolute Gasteiger partial charge is 0.497 e. The van der Waals surface area contributed by atoms with Crippen molar-refractivity contribution in [3.05, 3.63) is 35.9 Å². The molecule has 2 amide bonds. The second-order valence-electron chi connectivity index (χ2n) is 5.12. The summed E-state index contributed by atoms with van der Waals surface area (Å²) >= 11 is 0. The highest BCUT2D eigenvalue weighted by Crippen LogP contribution is 2.19. The van der Waals surface area contributed by atoms with Gasteiger partial charge in [0.25, 0.3) is 0 Å². The molecule has 1 aromatic rings. The molecule has 5 nitrogen and oxygen atoms in total. The normalized spacial score (nSPS) is 14.5. The second kappa shape index (κ2) is 6.92. The van der Waals surface area contributed by atoms with E-state index in [0.717, 1.165) is 29.7 Å². The van der Waals surface area contributed by atoms with E-state index in [2.05, 4.69) is 10.6 Å². The molecule has 5 heteroatoms. The number of methoxy groups -OCH3 is 1. The van der Waals surface area contributed by atoms with Gasteiger partial charge < -0.3 is 15.4 Å². The van der Waals surface area contributed by atoms with Gasteiger partial charge in [-0.05, 0) is 43.0 Å². The van der Waals surface area contributed by atoms with E-state index in [4.69, 9.17) is 4.74 Å². The summed E-state index contributed by atoms with van der Waals surface area (Å²) in [6, 6.07) is 7.79. The van der Waals surface area contributed by atoms with Gasteiger partial charge in [-0.1, -0.05) is 12.1 Å². The van der Waals surface area contributed by atoms with Crippen molar-refractivity contribution < 1.29 is 14.3 Å². The molecule has 0 atom stereocenters. The van der Waals surface area contributed by atoms with E-state index >= 15 is 0 Å². The van der Waals surface area contributed by atoms with Crippen molar-refractivity contribution in [1.82, 2.24) is 10.6 Å². The number of hydrogen-bond acceptors (Lipinski definition) is 3. The quantitative estimate of drug-likeness (QED) is 0.779. The number of nitrogens with one attached hydrogen (secondary N) is 2. The van der Waals surface area contributed by atoms with Crippen molar-refractivity contribution in [2.24, 2.45) is 0 Å². The molecule has 0 saturated heterocycles. The first-order valence-corrected chi connectivity index (χ1v) is 6.98. The number of allylic oxidation sites excluding steroid dienone is 1. The Morgan fingerprint density at radius 3 is 2.81 bits per heavy atom. The van der Waals surface area contributed by atoms with Gasteiger partial charge in [-0.15, -0.1) is 0 Å². The Balaban J connectivity index is 1.87. The molecule has 0 radical (unpaired) electrons. The molecule has 0 spiro atoms. The third kappa shape index (κ3) is 4.95. The number of rotatable bonds is 6. The lowest BCUT2D eigenvalue weighted by molar-refractivity contribution is -0.124. The van der Waals surface area contributed by atoms with Gasteiger partial charge in [0.15, 0.2) is 0 Å². The summed E-state index contributed by atoms with van der Waals surface area (Å²) in [5.74, 6) is 0.323. The minimum Gasteiger partial charge on any atom is -0.497 e. The summed E-state index contributed by atoms with van der Waals surface area (Å²) < 4.78 is 5.15. The average Bonchev–Trinajstić information content (AvgIpc) is 3.29. The third-order valence-corrected chi connectivity index (χ3v) is 3.24. The Bertz CT molecular complexity index is 562. The number of ether oxygens (including phenoxy) is 1. The molecule has 0 aliphatic heterocycles. The minimum absolute atomic E-state index is 0.0111. The van der Waals surface area contributed by atoms with Crippen LogP contribution in [0, 0.1) is 0 Å². The summed E-state index contributed by atoms with van der Waals surface area (Å²) in [7, 11) is 1.60. The fourth-order valence-corrected chi connectivity index (χ4v) is 1.87. The van der Waals surface area contributed by atoms with Crippen LogP contribution in [0.25, 0.3) is 5.57 Å². The fraction of sp³-hybridized carbons (Fsp3) is 0.375. The van der Waals surface area contributed by atoms with E-state index in [0.29, 0.717) is 6.04 Å². The number of amides is 2. The van der Waals surface area contributed by atoms with Crippen molar-refractivity contribution in [2.45, 2.75) is 25.8 Å². The van der Waals surface area contributed by atoms with Crippen molar-refractivity contribution in [3.8, 4) is 5.75 Å². The highest BCUT2D eigenvalue weighted by atomic mass is 16.5. The Morgan fingerprint density at radius 2 is 2.14 bits per heavy atom. The first kappa shape index (κ1) is 15.1. The van der Waals surface area contributed by atoms with Crippen LogP contribution in [0.2, 0.25) is 0 Å². The molecular weight excluding hydrogens is 268 g/mol. The molecule has 1 aliphatic carbocycles. The van der Waals surface area contributed by atoms with Crippen LogP contribution >= 0.6 is 0 Å². The van der Waals surface area contributed by atoms with Crippen LogP contribution in [0.5, 0.6) is 5.75 Å². The van der Waals surface area contributed by atoms with Gasteiger partial charge in [0.05, 0.1) is 13.7 Å². The van der Waals surface area contributed by atoms with Crippen LogP contribution in [0.1, 0.15) is 25.3 Å². The van der Waals surface area contributed by atoms with Crippen LogP contribution in [0.15, 0.2) is 30.3 Å². The van der Waals surface area contributed by atoms with Gasteiger partial charge in [-0.2, -0.15) is 0 Å². The van der Waals surface area contributed by atoms with Gasteiger partial charge in [0.1, 0.15) is 5.75 Å². The topological polar surface area (TPSA) is 67.4 Å².